The molecule has 0 aromatic carbocycles. The van der Waals surface area contributed by atoms with Gasteiger partial charge in [-0.1, -0.05) is 0 Å². The number of nitrogens with zero attached hydrogens (tertiary/aromatic N) is 6. The molecule has 31 heavy (non-hydrogen) atoms. The summed E-state index contributed by atoms with van der Waals surface area (Å²) < 4.78 is 28.4. The van der Waals surface area contributed by atoms with Crippen LogP contribution in [-0.2, 0) is 10.2 Å². The van der Waals surface area contributed by atoms with Gasteiger partial charge in [0, 0.05) is 38.1 Å². The molecule has 1 aliphatic rings. The fraction of sp³-hybridized carbons (Fsp3) is 0.333. The highest BCUT2D eigenvalue weighted by atomic mass is 32.2. The summed E-state index contributed by atoms with van der Waals surface area (Å²) >= 11 is 0. The summed E-state index contributed by atoms with van der Waals surface area (Å²) in [5.41, 5.74) is 2.89. The van der Waals surface area contributed by atoms with Gasteiger partial charge in [-0.05, 0) is 63.7 Å². The van der Waals surface area contributed by atoms with Crippen molar-refractivity contribution >= 4 is 34.3 Å². The van der Waals surface area contributed by atoms with Gasteiger partial charge in [0.05, 0.1) is 11.4 Å². The first kappa shape index (κ1) is 22.6. The third-order valence-electron chi connectivity index (χ3n) is 4.97. The zero-order valence-electron chi connectivity index (χ0n) is 18.2. The van der Waals surface area contributed by atoms with Crippen molar-refractivity contribution in [1.29, 1.82) is 0 Å². The van der Waals surface area contributed by atoms with Gasteiger partial charge in [-0.25, -0.2) is 15.0 Å². The fourth-order valence-corrected chi connectivity index (χ4v) is 4.69. The van der Waals surface area contributed by atoms with E-state index >= 15 is 0 Å². The number of nitrogens with one attached hydrogen (secondary N) is 1. The summed E-state index contributed by atoms with van der Waals surface area (Å²) in [6.45, 7) is 9.85. The molecule has 0 radical (unpaired) electrons. The Morgan fingerprint density at radius 3 is 2.74 bits per heavy atom. The van der Waals surface area contributed by atoms with E-state index in [0.29, 0.717) is 41.9 Å². The van der Waals surface area contributed by atoms with Crippen molar-refractivity contribution in [2.24, 2.45) is 9.98 Å². The quantitative estimate of drug-likeness (QED) is 0.567. The van der Waals surface area contributed by atoms with Crippen LogP contribution in [-0.4, -0.2) is 55.4 Å². The van der Waals surface area contributed by atoms with Gasteiger partial charge in [0.2, 0.25) is 0 Å². The highest BCUT2D eigenvalue weighted by Gasteiger charge is 2.32. The van der Waals surface area contributed by atoms with E-state index in [0.717, 1.165) is 17.5 Å². The minimum atomic E-state index is -3.55. The number of amidine groups is 1. The highest BCUT2D eigenvalue weighted by molar-refractivity contribution is 7.90. The van der Waals surface area contributed by atoms with E-state index in [1.807, 2.05) is 38.1 Å². The number of aryl methyl sites for hydroxylation is 1. The van der Waals surface area contributed by atoms with Crippen LogP contribution in [0.5, 0.6) is 0 Å². The summed E-state index contributed by atoms with van der Waals surface area (Å²) in [4.78, 5) is 16.9. The second-order valence-electron chi connectivity index (χ2n) is 7.13. The van der Waals surface area contributed by atoms with Crippen LogP contribution in [0.1, 0.15) is 26.0 Å². The summed E-state index contributed by atoms with van der Waals surface area (Å²) in [6.07, 6.45) is 5.98. The fourth-order valence-electron chi connectivity index (χ4n) is 3.20. The van der Waals surface area contributed by atoms with Crippen LogP contribution in [0, 0.1) is 6.92 Å². The molecule has 1 aliphatic heterocycles. The molecule has 2 aromatic rings. The lowest BCUT2D eigenvalue weighted by Gasteiger charge is -2.34. The largest absolute Gasteiger partial charge is 0.325 e. The summed E-state index contributed by atoms with van der Waals surface area (Å²) in [7, 11) is -1.96. The van der Waals surface area contributed by atoms with Gasteiger partial charge in [0.1, 0.15) is 17.5 Å². The summed E-state index contributed by atoms with van der Waals surface area (Å²) in [6, 6.07) is 5.58. The van der Waals surface area contributed by atoms with Crippen LogP contribution < -0.4 is 9.62 Å². The van der Waals surface area contributed by atoms with E-state index in [9.17, 15) is 8.42 Å². The maximum atomic E-state index is 12.8. The van der Waals surface area contributed by atoms with Gasteiger partial charge >= 0.3 is 10.2 Å². The molecule has 0 unspecified atom stereocenters. The molecular weight excluding hydrogens is 414 g/mol. The molecule has 0 atom stereocenters. The zero-order chi connectivity index (χ0) is 22.6. The summed E-state index contributed by atoms with van der Waals surface area (Å²) in [5, 5.41) is 3.15. The molecule has 3 heterocycles. The van der Waals surface area contributed by atoms with Gasteiger partial charge in [0.15, 0.2) is 0 Å². The molecule has 164 valence electrons. The Morgan fingerprint density at radius 2 is 2.03 bits per heavy atom. The first-order valence-electron chi connectivity index (χ1n) is 9.88. The number of pyridine rings is 2. The molecule has 1 N–H and O–H groups in total. The lowest BCUT2D eigenvalue weighted by Crippen LogP contribution is -2.48. The number of hydrogen-bond donors (Lipinski definition) is 1. The van der Waals surface area contributed by atoms with Crippen molar-refractivity contribution in [3.05, 3.63) is 48.2 Å². The second-order valence-corrected chi connectivity index (χ2v) is 9.09. The SMILES string of the molecule is C=NC(C)=N/C(=C\C)Nc1cc(-c2cnc(C)c(N3CCCN(C)S3(=O)=O)c2)ccn1. The van der Waals surface area contributed by atoms with Crippen molar-refractivity contribution in [2.45, 2.75) is 27.2 Å². The van der Waals surface area contributed by atoms with Crippen molar-refractivity contribution < 1.29 is 8.42 Å². The average Bonchev–Trinajstić information content (AvgIpc) is 2.76. The van der Waals surface area contributed by atoms with Gasteiger partial charge in [-0.3, -0.25) is 9.29 Å². The van der Waals surface area contributed by atoms with Gasteiger partial charge in [-0.15, -0.1) is 0 Å². The Bertz CT molecular complexity index is 1140. The van der Waals surface area contributed by atoms with E-state index in [1.54, 1.807) is 26.4 Å². The van der Waals surface area contributed by atoms with Gasteiger partial charge in [-0.2, -0.15) is 12.7 Å². The second kappa shape index (κ2) is 9.36. The van der Waals surface area contributed by atoms with E-state index in [2.05, 4.69) is 32.0 Å². The smallest absolute Gasteiger partial charge is 0.303 e. The molecule has 1 saturated heterocycles. The van der Waals surface area contributed by atoms with Crippen molar-refractivity contribution in [2.75, 3.05) is 29.8 Å². The van der Waals surface area contributed by atoms with E-state index in [4.69, 9.17) is 0 Å². The maximum Gasteiger partial charge on any atom is 0.303 e. The van der Waals surface area contributed by atoms with Gasteiger partial charge in [0.25, 0.3) is 0 Å². The normalized spacial score (nSPS) is 17.5. The monoisotopic (exact) mass is 441 g/mol. The van der Waals surface area contributed by atoms with E-state index in [1.165, 1.54) is 8.61 Å². The predicted molar refractivity (Wildman–Crippen MR) is 126 cm³/mol. The first-order chi connectivity index (χ1) is 14.8. The Labute approximate surface area is 183 Å². The third kappa shape index (κ3) is 4.97. The Kier molecular flexibility index (Phi) is 6.81. The first-order valence-corrected chi connectivity index (χ1v) is 11.3. The molecule has 3 rings (SSSR count). The molecule has 0 aliphatic carbocycles. The van der Waals surface area contributed by atoms with E-state index < -0.39 is 10.2 Å². The lowest BCUT2D eigenvalue weighted by molar-refractivity contribution is 0.438. The van der Waals surface area contributed by atoms with Crippen LogP contribution in [0.25, 0.3) is 11.1 Å². The third-order valence-corrected chi connectivity index (χ3v) is 6.88. The number of rotatable bonds is 5. The number of anilines is 2. The highest BCUT2D eigenvalue weighted by Crippen LogP contribution is 2.31. The predicted octanol–water partition coefficient (Wildman–Crippen LogP) is 3.23. The molecule has 0 amide bonds. The topological polar surface area (TPSA) is 103 Å². The minimum Gasteiger partial charge on any atom is -0.325 e. The van der Waals surface area contributed by atoms with Gasteiger partial charge < -0.3 is 5.32 Å². The number of aromatic nitrogens is 2. The molecule has 9 nitrogen and oxygen atoms in total. The Balaban J connectivity index is 1.95. The standard InChI is InChI=1S/C21H27N7O2S/c1-6-20(25-16(3)22-4)26-21-13-17(8-9-23-21)18-12-19(15(2)24-14-18)28-11-7-10-27(5)31(28,29)30/h6,8-9,12-14H,4,7,10-11H2,1-3,5H3,(H,23,26)/b20-6+,25-16?. The summed E-state index contributed by atoms with van der Waals surface area (Å²) in [5.74, 6) is 1.73. The van der Waals surface area contributed by atoms with Crippen LogP contribution >= 0.6 is 0 Å². The van der Waals surface area contributed by atoms with E-state index in [-0.39, 0.29) is 0 Å². The number of allylic oxidation sites excluding steroid dienone is 1. The van der Waals surface area contributed by atoms with Crippen molar-refractivity contribution in [1.82, 2.24) is 14.3 Å². The number of aliphatic imine (C=N–C) groups is 2. The molecule has 1 fully saturated rings. The van der Waals surface area contributed by atoms with Crippen LogP contribution in [0.15, 0.2) is 52.5 Å². The lowest BCUT2D eigenvalue weighted by atomic mass is 10.1. The van der Waals surface area contributed by atoms with Crippen molar-refractivity contribution in [3.8, 4) is 11.1 Å². The van der Waals surface area contributed by atoms with Crippen LogP contribution in [0.3, 0.4) is 0 Å². The molecule has 0 spiro atoms. The average molecular weight is 442 g/mol. The zero-order valence-corrected chi connectivity index (χ0v) is 19.0. The number of hydrogen-bond acceptors (Lipinski definition) is 6. The molecule has 2 aromatic heterocycles. The molecule has 0 saturated carbocycles. The molecule has 10 heteroatoms. The molecule has 0 bridgehead atoms. The Hall–Kier alpha value is -3.11. The molecular formula is C21H27N7O2S. The minimum absolute atomic E-state index is 0.432. The van der Waals surface area contributed by atoms with Crippen LogP contribution in [0.2, 0.25) is 0 Å². The van der Waals surface area contributed by atoms with Crippen molar-refractivity contribution in [3.63, 3.8) is 0 Å². The maximum absolute atomic E-state index is 12.8. The Morgan fingerprint density at radius 1 is 1.26 bits per heavy atom. The van der Waals surface area contributed by atoms with Crippen LogP contribution in [0.4, 0.5) is 11.5 Å².